The molecule has 0 aliphatic heterocycles. The van der Waals surface area contributed by atoms with Gasteiger partial charge in [0, 0.05) is 34.3 Å². The van der Waals surface area contributed by atoms with E-state index in [1.165, 1.54) is 77.2 Å². The van der Waals surface area contributed by atoms with Gasteiger partial charge >= 0.3 is 0 Å². The van der Waals surface area contributed by atoms with E-state index in [9.17, 15) is 0 Å². The Morgan fingerprint density at radius 1 is 0.359 bits per heavy atom. The van der Waals surface area contributed by atoms with Crippen LogP contribution in [0.3, 0.4) is 0 Å². The standard InChI is InChI=1S/C62H46N2/c1-3-13-37-15-9-21-47(61(37)63)43-33-40(34-44(36-43)48-22-10-16-38(14-4-2)62(48)64)39-31-41(45-27-29-57-51-19-7-5-17-49(51)55-25-11-23-53(45)59(55)57)35-42(32-39)46-28-30-58-52-20-8-6-18-50(52)56-26-12-24-54(46)60(56)58/h3-36,49,51H,63-64H2,1-2H3/b13-3-,14-4-. The molecule has 3 aliphatic carbocycles. The summed E-state index contributed by atoms with van der Waals surface area (Å²) in [5.41, 5.74) is 36.6. The van der Waals surface area contributed by atoms with E-state index < -0.39 is 0 Å². The summed E-state index contributed by atoms with van der Waals surface area (Å²) in [4.78, 5) is 0. The van der Waals surface area contributed by atoms with Crippen molar-refractivity contribution in [2.24, 2.45) is 0 Å². The van der Waals surface area contributed by atoms with Crippen LogP contribution in [-0.4, -0.2) is 0 Å². The number of para-hydroxylation sites is 2. The second kappa shape index (κ2) is 14.9. The molecule has 2 nitrogen and oxygen atoms in total. The maximum absolute atomic E-state index is 7.02. The van der Waals surface area contributed by atoms with Gasteiger partial charge in [-0.2, -0.15) is 0 Å². The molecule has 9 aromatic rings. The summed E-state index contributed by atoms with van der Waals surface area (Å²) in [6.45, 7) is 4.06. The highest BCUT2D eigenvalue weighted by Gasteiger charge is 2.33. The second-order valence-corrected chi connectivity index (χ2v) is 17.4. The van der Waals surface area contributed by atoms with Crippen LogP contribution in [0.15, 0.2) is 194 Å². The average molecular weight is 819 g/mol. The van der Waals surface area contributed by atoms with Gasteiger partial charge in [0.25, 0.3) is 0 Å². The summed E-state index contributed by atoms with van der Waals surface area (Å²) in [6, 6.07) is 58.6. The summed E-state index contributed by atoms with van der Waals surface area (Å²) in [5.74, 6) is 0.717. The van der Waals surface area contributed by atoms with Gasteiger partial charge in [0.05, 0.1) is 0 Å². The summed E-state index contributed by atoms with van der Waals surface area (Å²) >= 11 is 0. The van der Waals surface area contributed by atoms with Gasteiger partial charge in [-0.25, -0.2) is 0 Å². The number of anilines is 2. The van der Waals surface area contributed by atoms with E-state index in [4.69, 9.17) is 11.5 Å². The Hall–Kier alpha value is -7.94. The fourth-order valence-electron chi connectivity index (χ4n) is 11.1. The first-order valence-electron chi connectivity index (χ1n) is 22.4. The molecule has 64 heavy (non-hydrogen) atoms. The highest BCUT2D eigenvalue weighted by molar-refractivity contribution is 6.19. The topological polar surface area (TPSA) is 52.0 Å². The smallest absolute Gasteiger partial charge is 0.0467 e. The van der Waals surface area contributed by atoms with Crippen LogP contribution in [0.4, 0.5) is 11.4 Å². The van der Waals surface area contributed by atoms with Crippen LogP contribution in [0.1, 0.15) is 47.9 Å². The van der Waals surface area contributed by atoms with Gasteiger partial charge in [-0.3, -0.25) is 0 Å². The minimum Gasteiger partial charge on any atom is -0.398 e. The third kappa shape index (κ3) is 5.80. The molecule has 0 heterocycles. The molecule has 0 saturated carbocycles. The van der Waals surface area contributed by atoms with Crippen LogP contribution >= 0.6 is 0 Å². The molecular weight excluding hydrogens is 773 g/mol. The molecule has 4 N–H and O–H groups in total. The van der Waals surface area contributed by atoms with Gasteiger partial charge in [0.2, 0.25) is 0 Å². The summed E-state index contributed by atoms with van der Waals surface area (Å²) in [7, 11) is 0. The quantitative estimate of drug-likeness (QED) is 0.157. The van der Waals surface area contributed by atoms with Crippen molar-refractivity contribution in [3.8, 4) is 77.9 Å². The number of rotatable bonds is 7. The number of nitrogen functional groups attached to an aromatic ring is 2. The average Bonchev–Trinajstić information content (AvgIpc) is 3.84. The number of nitrogens with two attached hydrogens (primary N) is 2. The van der Waals surface area contributed by atoms with Gasteiger partial charge < -0.3 is 11.5 Å². The Morgan fingerprint density at radius 2 is 0.766 bits per heavy atom. The molecule has 9 aromatic carbocycles. The lowest BCUT2D eigenvalue weighted by Crippen LogP contribution is -2.01. The van der Waals surface area contributed by atoms with E-state index in [0.29, 0.717) is 11.8 Å². The van der Waals surface area contributed by atoms with Crippen molar-refractivity contribution in [2.45, 2.75) is 25.7 Å². The van der Waals surface area contributed by atoms with Crippen molar-refractivity contribution in [2.75, 3.05) is 11.5 Å². The van der Waals surface area contributed by atoms with Gasteiger partial charge in [-0.15, -0.1) is 0 Å². The van der Waals surface area contributed by atoms with Crippen molar-refractivity contribution in [1.29, 1.82) is 0 Å². The second-order valence-electron chi connectivity index (χ2n) is 17.4. The molecule has 12 rings (SSSR count). The summed E-state index contributed by atoms with van der Waals surface area (Å²) < 4.78 is 0. The van der Waals surface area contributed by atoms with Crippen LogP contribution < -0.4 is 11.5 Å². The molecule has 0 amide bonds. The maximum atomic E-state index is 7.02. The van der Waals surface area contributed by atoms with E-state index in [1.54, 1.807) is 0 Å². The zero-order chi connectivity index (χ0) is 43.1. The normalized spacial score (nSPS) is 15.5. The van der Waals surface area contributed by atoms with Crippen molar-refractivity contribution in [1.82, 2.24) is 0 Å². The van der Waals surface area contributed by atoms with E-state index in [1.807, 2.05) is 26.0 Å². The fourth-order valence-corrected chi connectivity index (χ4v) is 11.1. The molecule has 2 atom stereocenters. The van der Waals surface area contributed by atoms with Crippen LogP contribution in [-0.2, 0) is 0 Å². The Balaban J connectivity index is 1.14. The largest absolute Gasteiger partial charge is 0.398 e. The van der Waals surface area contributed by atoms with Crippen LogP contribution in [0.2, 0.25) is 0 Å². The van der Waals surface area contributed by atoms with Crippen molar-refractivity contribution < 1.29 is 0 Å². The van der Waals surface area contributed by atoms with Crippen molar-refractivity contribution >= 4 is 45.1 Å². The monoisotopic (exact) mass is 818 g/mol. The lowest BCUT2D eigenvalue weighted by molar-refractivity contribution is 0.769. The highest BCUT2D eigenvalue weighted by atomic mass is 14.6. The number of hydrogen-bond acceptors (Lipinski definition) is 2. The molecule has 0 bridgehead atoms. The Kier molecular flexibility index (Phi) is 8.77. The SMILES string of the molecule is C/C=C\c1cccc(-c2cc(-c3cc(-c4ccc5c6c(cccc46)-c4ccccc4-5)cc(-c4ccc5c6c(cccc46)C4C=CC=CC54)c3)cc(-c3cccc(/C=C\C)c3N)c2)c1N. The van der Waals surface area contributed by atoms with Crippen LogP contribution in [0.25, 0.3) is 112 Å². The first-order valence-corrected chi connectivity index (χ1v) is 22.4. The summed E-state index contributed by atoms with van der Waals surface area (Å²) in [5, 5.41) is 5.26. The Bertz CT molecular complexity index is 3420. The molecule has 304 valence electrons. The minimum atomic E-state index is 0.359. The summed E-state index contributed by atoms with van der Waals surface area (Å²) in [6.07, 6.45) is 17.4. The third-order valence-electron chi connectivity index (χ3n) is 13.9. The van der Waals surface area contributed by atoms with E-state index >= 15 is 0 Å². The number of fused-ring (bicyclic) bond motifs is 6. The lowest BCUT2D eigenvalue weighted by atomic mass is 9.86. The number of allylic oxidation sites excluding steroid dienone is 6. The van der Waals surface area contributed by atoms with E-state index in [0.717, 1.165) is 55.9 Å². The predicted molar refractivity (Wildman–Crippen MR) is 275 cm³/mol. The van der Waals surface area contributed by atoms with Crippen LogP contribution in [0.5, 0.6) is 0 Å². The maximum Gasteiger partial charge on any atom is 0.0467 e. The Morgan fingerprint density at radius 3 is 1.33 bits per heavy atom. The zero-order valence-corrected chi connectivity index (χ0v) is 35.9. The molecule has 0 radical (unpaired) electrons. The first-order chi connectivity index (χ1) is 31.5. The van der Waals surface area contributed by atoms with E-state index in [-0.39, 0.29) is 0 Å². The van der Waals surface area contributed by atoms with Gasteiger partial charge in [-0.1, -0.05) is 170 Å². The third-order valence-corrected chi connectivity index (χ3v) is 13.9. The zero-order valence-electron chi connectivity index (χ0n) is 35.9. The van der Waals surface area contributed by atoms with Gasteiger partial charge in [-0.05, 0) is 161 Å². The van der Waals surface area contributed by atoms with Crippen LogP contribution in [0, 0.1) is 0 Å². The lowest BCUT2D eigenvalue weighted by Gasteiger charge is -2.18. The first kappa shape index (κ1) is 37.8. The highest BCUT2D eigenvalue weighted by Crippen LogP contribution is 2.53. The fraction of sp³-hybridized carbons (Fsp3) is 0.0645. The molecular formula is C62H46N2. The minimum absolute atomic E-state index is 0.359. The number of benzene rings is 9. The van der Waals surface area contributed by atoms with E-state index in [2.05, 4.69) is 194 Å². The molecule has 0 saturated heterocycles. The molecule has 0 spiro atoms. The van der Waals surface area contributed by atoms with Gasteiger partial charge in [0.15, 0.2) is 0 Å². The molecule has 0 fully saturated rings. The van der Waals surface area contributed by atoms with Crippen molar-refractivity contribution in [3.63, 3.8) is 0 Å². The van der Waals surface area contributed by atoms with Gasteiger partial charge in [0.1, 0.15) is 0 Å². The predicted octanol–water partition coefficient (Wildman–Crippen LogP) is 16.5. The van der Waals surface area contributed by atoms with Crippen molar-refractivity contribution in [3.05, 3.63) is 216 Å². The Labute approximate surface area is 374 Å². The molecule has 3 aliphatic rings. The molecule has 2 unspecified atom stereocenters. The molecule has 0 aromatic heterocycles. The molecule has 2 heteroatoms. The number of hydrogen-bond donors (Lipinski definition) is 2.